The van der Waals surface area contributed by atoms with Gasteiger partial charge >= 0.3 is 0 Å². The number of hydrogen-bond donors (Lipinski definition) is 1. The van der Waals surface area contributed by atoms with Gasteiger partial charge in [0.25, 0.3) is 0 Å². The maximum Gasteiger partial charge on any atom is 0.224 e. The Hall–Kier alpha value is -1.10. The lowest BCUT2D eigenvalue weighted by Gasteiger charge is -2.32. The van der Waals surface area contributed by atoms with Crippen molar-refractivity contribution >= 4 is 17.5 Å². The van der Waals surface area contributed by atoms with Gasteiger partial charge in [0.15, 0.2) is 0 Å². The normalized spacial score (nSPS) is 19.0. The molecule has 0 aromatic heterocycles. The monoisotopic (exact) mass is 337 g/mol. The molecule has 0 aliphatic carbocycles. The molecule has 1 saturated heterocycles. The van der Waals surface area contributed by atoms with Crippen molar-refractivity contribution in [3.05, 3.63) is 34.9 Å². The second-order valence-electron chi connectivity index (χ2n) is 6.61. The van der Waals surface area contributed by atoms with Gasteiger partial charge in [-0.15, -0.1) is 0 Å². The third-order valence-corrected chi connectivity index (χ3v) is 4.68. The molecule has 1 N–H and O–H groups in total. The van der Waals surface area contributed by atoms with Crippen LogP contribution in [0.2, 0.25) is 5.02 Å². The molecular weight excluding hydrogens is 310 g/mol. The van der Waals surface area contributed by atoms with Crippen molar-refractivity contribution in [2.45, 2.75) is 25.8 Å². The lowest BCUT2D eigenvalue weighted by Crippen LogP contribution is -2.43. The summed E-state index contributed by atoms with van der Waals surface area (Å²) in [5.41, 5.74) is 1.14. The Morgan fingerprint density at radius 3 is 2.91 bits per heavy atom. The van der Waals surface area contributed by atoms with Crippen LogP contribution in [0.4, 0.5) is 0 Å². The van der Waals surface area contributed by atoms with Gasteiger partial charge in [-0.2, -0.15) is 0 Å². The summed E-state index contributed by atoms with van der Waals surface area (Å²) >= 11 is 6.24. The third kappa shape index (κ3) is 6.13. The first-order chi connectivity index (χ1) is 11.1. The van der Waals surface area contributed by atoms with Crippen molar-refractivity contribution in [1.82, 2.24) is 15.1 Å². The molecule has 1 heterocycles. The lowest BCUT2D eigenvalue weighted by atomic mass is 9.96. The average Bonchev–Trinajstić information content (AvgIpc) is 2.54. The first-order valence-corrected chi connectivity index (χ1v) is 8.82. The number of carbonyl (C=O) groups is 1. The highest BCUT2D eigenvalue weighted by Gasteiger charge is 2.25. The van der Waals surface area contributed by atoms with E-state index < -0.39 is 0 Å². The SMILES string of the molecule is CN(C)CCCNC(=O)C1CCCN(Cc2ccccc2Cl)C1. The average molecular weight is 338 g/mol. The zero-order valence-electron chi connectivity index (χ0n) is 14.2. The fourth-order valence-corrected chi connectivity index (χ4v) is 3.23. The number of nitrogens with one attached hydrogen (secondary N) is 1. The van der Waals surface area contributed by atoms with E-state index in [1.54, 1.807) is 0 Å². The Bertz CT molecular complexity index is 507. The van der Waals surface area contributed by atoms with Gasteiger partial charge in [0.1, 0.15) is 0 Å². The zero-order valence-corrected chi connectivity index (χ0v) is 15.0. The summed E-state index contributed by atoms with van der Waals surface area (Å²) in [4.78, 5) is 16.8. The second kappa shape index (κ2) is 9.26. The van der Waals surface area contributed by atoms with E-state index in [0.717, 1.165) is 62.6 Å². The number of likely N-dealkylation sites (tertiary alicyclic amines) is 1. The smallest absolute Gasteiger partial charge is 0.224 e. The van der Waals surface area contributed by atoms with Crippen LogP contribution in [-0.2, 0) is 11.3 Å². The quantitative estimate of drug-likeness (QED) is 0.777. The lowest BCUT2D eigenvalue weighted by molar-refractivity contribution is -0.126. The van der Waals surface area contributed by atoms with Gasteiger partial charge in [0.05, 0.1) is 5.92 Å². The van der Waals surface area contributed by atoms with E-state index >= 15 is 0 Å². The number of piperidine rings is 1. The van der Waals surface area contributed by atoms with E-state index in [1.807, 2.05) is 18.2 Å². The van der Waals surface area contributed by atoms with E-state index in [0.29, 0.717) is 0 Å². The zero-order chi connectivity index (χ0) is 16.7. The van der Waals surface area contributed by atoms with Crippen LogP contribution in [0.15, 0.2) is 24.3 Å². The van der Waals surface area contributed by atoms with Crippen LogP contribution in [0.5, 0.6) is 0 Å². The van der Waals surface area contributed by atoms with Crippen LogP contribution in [0.3, 0.4) is 0 Å². The van der Waals surface area contributed by atoms with Gasteiger partial charge in [-0.25, -0.2) is 0 Å². The summed E-state index contributed by atoms with van der Waals surface area (Å²) in [6, 6.07) is 7.95. The molecule has 5 heteroatoms. The van der Waals surface area contributed by atoms with E-state index in [4.69, 9.17) is 11.6 Å². The van der Waals surface area contributed by atoms with E-state index in [2.05, 4.69) is 35.3 Å². The van der Waals surface area contributed by atoms with Crippen molar-refractivity contribution in [2.75, 3.05) is 40.3 Å². The largest absolute Gasteiger partial charge is 0.356 e. The van der Waals surface area contributed by atoms with Crippen molar-refractivity contribution in [1.29, 1.82) is 0 Å². The molecule has 128 valence electrons. The Kier molecular flexibility index (Phi) is 7.34. The minimum atomic E-state index is 0.102. The van der Waals surface area contributed by atoms with Crippen molar-refractivity contribution in [3.8, 4) is 0 Å². The van der Waals surface area contributed by atoms with Crippen LogP contribution >= 0.6 is 11.6 Å². The highest BCUT2D eigenvalue weighted by Crippen LogP contribution is 2.22. The number of hydrogen-bond acceptors (Lipinski definition) is 3. The van der Waals surface area contributed by atoms with Gasteiger partial charge in [0.2, 0.25) is 5.91 Å². The molecule has 1 fully saturated rings. The predicted octanol–water partition coefficient (Wildman–Crippen LogP) is 2.62. The summed E-state index contributed by atoms with van der Waals surface area (Å²) in [6.45, 7) is 4.45. The molecule has 0 spiro atoms. The number of halogens is 1. The third-order valence-electron chi connectivity index (χ3n) is 4.31. The molecule has 2 rings (SSSR count). The molecule has 1 amide bonds. The van der Waals surface area contributed by atoms with E-state index in [1.165, 1.54) is 0 Å². The Balaban J connectivity index is 1.78. The summed E-state index contributed by atoms with van der Waals surface area (Å²) in [7, 11) is 4.10. The molecule has 23 heavy (non-hydrogen) atoms. The molecule has 1 aromatic rings. The first kappa shape index (κ1) is 18.2. The van der Waals surface area contributed by atoms with Gasteiger partial charge in [0, 0.05) is 24.7 Å². The standard InChI is InChI=1S/C18H28ClN3O/c1-21(2)11-6-10-20-18(23)16-8-5-12-22(14-16)13-15-7-3-4-9-17(15)19/h3-4,7,9,16H,5-6,8,10-14H2,1-2H3,(H,20,23). The summed E-state index contributed by atoms with van der Waals surface area (Å²) < 4.78 is 0. The minimum Gasteiger partial charge on any atom is -0.356 e. The van der Waals surface area contributed by atoms with Crippen LogP contribution in [0.1, 0.15) is 24.8 Å². The maximum absolute atomic E-state index is 12.3. The molecule has 4 nitrogen and oxygen atoms in total. The maximum atomic E-state index is 12.3. The van der Waals surface area contributed by atoms with Crippen LogP contribution in [0, 0.1) is 5.92 Å². The second-order valence-corrected chi connectivity index (χ2v) is 7.02. The van der Waals surface area contributed by atoms with Crippen LogP contribution in [-0.4, -0.2) is 56.0 Å². The fourth-order valence-electron chi connectivity index (χ4n) is 3.03. The molecule has 0 radical (unpaired) electrons. The summed E-state index contributed by atoms with van der Waals surface area (Å²) in [5, 5.41) is 3.89. The Morgan fingerprint density at radius 1 is 1.39 bits per heavy atom. The molecule has 1 atom stereocenters. The van der Waals surface area contributed by atoms with E-state index in [9.17, 15) is 4.79 Å². The number of benzene rings is 1. The molecule has 1 unspecified atom stereocenters. The van der Waals surface area contributed by atoms with Crippen LogP contribution < -0.4 is 5.32 Å². The molecular formula is C18H28ClN3O. The highest BCUT2D eigenvalue weighted by molar-refractivity contribution is 6.31. The number of amides is 1. The fraction of sp³-hybridized carbons (Fsp3) is 0.611. The van der Waals surface area contributed by atoms with Gasteiger partial charge < -0.3 is 10.2 Å². The minimum absolute atomic E-state index is 0.102. The van der Waals surface area contributed by atoms with Crippen molar-refractivity contribution in [2.24, 2.45) is 5.92 Å². The number of carbonyl (C=O) groups excluding carboxylic acids is 1. The molecule has 0 bridgehead atoms. The summed E-state index contributed by atoms with van der Waals surface area (Å²) in [6.07, 6.45) is 3.05. The van der Waals surface area contributed by atoms with Gasteiger partial charge in [-0.05, 0) is 58.1 Å². The highest BCUT2D eigenvalue weighted by atomic mass is 35.5. The topological polar surface area (TPSA) is 35.6 Å². The first-order valence-electron chi connectivity index (χ1n) is 8.44. The number of rotatable bonds is 7. The number of nitrogens with zero attached hydrogens (tertiary/aromatic N) is 2. The molecule has 1 aliphatic heterocycles. The van der Waals surface area contributed by atoms with Crippen molar-refractivity contribution < 1.29 is 4.79 Å². The Morgan fingerprint density at radius 2 is 2.17 bits per heavy atom. The van der Waals surface area contributed by atoms with Gasteiger partial charge in [-0.1, -0.05) is 29.8 Å². The predicted molar refractivity (Wildman–Crippen MR) is 95.6 cm³/mol. The summed E-state index contributed by atoms with van der Waals surface area (Å²) in [5.74, 6) is 0.304. The van der Waals surface area contributed by atoms with Gasteiger partial charge in [-0.3, -0.25) is 9.69 Å². The van der Waals surface area contributed by atoms with Crippen LogP contribution in [0.25, 0.3) is 0 Å². The molecule has 1 aliphatic rings. The molecule has 0 saturated carbocycles. The van der Waals surface area contributed by atoms with Crippen molar-refractivity contribution in [3.63, 3.8) is 0 Å². The Labute approximate surface area is 144 Å². The molecule has 1 aromatic carbocycles. The van der Waals surface area contributed by atoms with E-state index in [-0.39, 0.29) is 11.8 Å².